The number of carbonyl (C=O) groups excluding carboxylic acids is 2. The molecule has 7 heteroatoms. The van der Waals surface area contributed by atoms with E-state index in [9.17, 15) is 19.8 Å². The first-order valence-corrected chi connectivity index (χ1v) is 12.7. The topological polar surface area (TPSA) is 81.1 Å². The maximum atomic E-state index is 13.7. The summed E-state index contributed by atoms with van der Waals surface area (Å²) in [6.07, 6.45) is 3.50. The van der Waals surface area contributed by atoms with Gasteiger partial charge in [0.25, 0.3) is 5.91 Å². The smallest absolute Gasteiger partial charge is 0.268 e. The maximum absolute atomic E-state index is 13.7. The number of carbonyl (C=O) groups is 2. The second kappa shape index (κ2) is 11.2. The molecule has 0 saturated carbocycles. The Morgan fingerprint density at radius 3 is 2.42 bits per heavy atom. The molecule has 0 saturated heterocycles. The van der Waals surface area contributed by atoms with Crippen molar-refractivity contribution >= 4 is 39.1 Å². The molecule has 1 heterocycles. The van der Waals surface area contributed by atoms with Crippen molar-refractivity contribution in [1.82, 2.24) is 4.90 Å². The molecule has 4 rings (SSSR count). The van der Waals surface area contributed by atoms with Crippen molar-refractivity contribution in [3.05, 3.63) is 107 Å². The highest BCUT2D eigenvalue weighted by Crippen LogP contribution is 2.48. The molecule has 0 aliphatic carbocycles. The molecule has 0 bridgehead atoms. The van der Waals surface area contributed by atoms with E-state index in [0.717, 1.165) is 10.0 Å². The molecule has 36 heavy (non-hydrogen) atoms. The van der Waals surface area contributed by atoms with Crippen molar-refractivity contribution < 1.29 is 19.8 Å². The van der Waals surface area contributed by atoms with Gasteiger partial charge in [0.2, 0.25) is 5.91 Å². The molecule has 3 aromatic rings. The largest absolute Gasteiger partial charge is 0.395 e. The van der Waals surface area contributed by atoms with Crippen molar-refractivity contribution in [2.75, 3.05) is 18.1 Å². The van der Waals surface area contributed by atoms with E-state index >= 15 is 0 Å². The summed E-state index contributed by atoms with van der Waals surface area (Å²) in [7, 11) is 0. The lowest BCUT2D eigenvalue weighted by Gasteiger charge is -2.28. The number of amides is 2. The molecule has 0 spiro atoms. The van der Waals surface area contributed by atoms with Crippen LogP contribution >= 0.6 is 15.9 Å². The molecule has 0 aromatic heterocycles. The van der Waals surface area contributed by atoms with Crippen LogP contribution in [-0.4, -0.2) is 40.1 Å². The minimum Gasteiger partial charge on any atom is -0.395 e. The second-order valence-electron chi connectivity index (χ2n) is 8.85. The van der Waals surface area contributed by atoms with E-state index in [2.05, 4.69) is 15.9 Å². The molecule has 1 aliphatic heterocycles. The molecule has 0 unspecified atom stereocenters. The highest BCUT2D eigenvalue weighted by atomic mass is 79.9. The van der Waals surface area contributed by atoms with Gasteiger partial charge >= 0.3 is 0 Å². The minimum atomic E-state index is -1.79. The van der Waals surface area contributed by atoms with Crippen LogP contribution in [0.25, 0.3) is 0 Å². The van der Waals surface area contributed by atoms with Crippen LogP contribution in [-0.2, 0) is 21.7 Å². The highest BCUT2D eigenvalue weighted by Gasteiger charge is 2.53. The summed E-state index contributed by atoms with van der Waals surface area (Å²) < 4.78 is 0.759. The number of anilines is 2. The van der Waals surface area contributed by atoms with E-state index in [-0.39, 0.29) is 25.5 Å². The Balaban J connectivity index is 1.54. The van der Waals surface area contributed by atoms with Gasteiger partial charge in [-0.3, -0.25) is 14.5 Å². The average molecular weight is 549 g/mol. The molecule has 186 valence electrons. The van der Waals surface area contributed by atoms with Gasteiger partial charge in [0, 0.05) is 41.2 Å². The van der Waals surface area contributed by atoms with Gasteiger partial charge < -0.3 is 15.1 Å². The molecular weight excluding hydrogens is 520 g/mol. The van der Waals surface area contributed by atoms with Crippen LogP contribution in [0, 0.1) is 5.92 Å². The van der Waals surface area contributed by atoms with E-state index in [4.69, 9.17) is 0 Å². The molecule has 0 radical (unpaired) electrons. The van der Waals surface area contributed by atoms with E-state index in [1.165, 1.54) is 0 Å². The quantitative estimate of drug-likeness (QED) is 0.372. The average Bonchev–Trinajstić information content (AvgIpc) is 3.11. The van der Waals surface area contributed by atoms with Crippen LogP contribution < -0.4 is 4.90 Å². The second-order valence-corrected chi connectivity index (χ2v) is 9.77. The number of nitrogens with zero attached hydrogens (tertiary/aromatic N) is 2. The molecule has 1 aliphatic rings. The Morgan fingerprint density at radius 2 is 1.75 bits per heavy atom. The monoisotopic (exact) mass is 548 g/mol. The van der Waals surface area contributed by atoms with Crippen LogP contribution in [0.3, 0.4) is 0 Å². The van der Waals surface area contributed by atoms with Gasteiger partial charge in [0.05, 0.1) is 12.3 Å². The molecule has 0 fully saturated rings. The molecule has 2 atom stereocenters. The third kappa shape index (κ3) is 5.14. The fraction of sp³-hybridized carbons (Fsp3) is 0.241. The fourth-order valence-electron chi connectivity index (χ4n) is 4.53. The van der Waals surface area contributed by atoms with Gasteiger partial charge in [-0.15, -0.1) is 0 Å². The number of rotatable bonds is 9. The molecular formula is C29H29BrN2O4. The van der Waals surface area contributed by atoms with Gasteiger partial charge in [-0.1, -0.05) is 83.5 Å². The maximum Gasteiger partial charge on any atom is 0.268 e. The number of halogens is 1. The van der Waals surface area contributed by atoms with E-state index in [0.29, 0.717) is 23.5 Å². The summed E-state index contributed by atoms with van der Waals surface area (Å²) in [5.41, 5.74) is 1.01. The Bertz CT molecular complexity index is 1250. The first-order chi connectivity index (χ1) is 17.4. The van der Waals surface area contributed by atoms with E-state index in [1.807, 2.05) is 72.8 Å². The number of benzene rings is 3. The van der Waals surface area contributed by atoms with Crippen LogP contribution in [0.4, 0.5) is 11.4 Å². The fourth-order valence-corrected chi connectivity index (χ4v) is 4.90. The molecule has 2 N–H and O–H groups in total. The Hall–Kier alpha value is -3.26. The first kappa shape index (κ1) is 25.8. The van der Waals surface area contributed by atoms with Gasteiger partial charge in [-0.25, -0.2) is 0 Å². The first-order valence-electron chi connectivity index (χ1n) is 11.9. The third-order valence-electron chi connectivity index (χ3n) is 6.47. The van der Waals surface area contributed by atoms with Gasteiger partial charge in [-0.2, -0.15) is 0 Å². The van der Waals surface area contributed by atoms with Gasteiger partial charge in [0.15, 0.2) is 5.60 Å². The van der Waals surface area contributed by atoms with Crippen LogP contribution in [0.5, 0.6) is 0 Å². The lowest BCUT2D eigenvalue weighted by molar-refractivity contribution is -0.138. The zero-order chi connectivity index (χ0) is 25.7. The Labute approximate surface area is 219 Å². The SMILES string of the molecule is C[C@H](/C=C/CC(=O)N(CCO)Cc1ccccc1)[C@@]1(O)C(=O)N(c2ccccc2)c2ccc(Br)cc21. The standard InChI is InChI=1S/C29H29BrN2O4/c1-21(9-8-14-27(34)31(17-18-33)20-22-10-4-2-5-11-22)29(36)25-19-23(30)15-16-26(25)32(28(29)35)24-12-6-3-7-13-24/h2-13,15-16,19,21,33,36H,14,17-18,20H2,1H3/b9-8+/t21-,29+/m1/s1. The number of hydrogen-bond acceptors (Lipinski definition) is 4. The normalized spacial score (nSPS) is 17.9. The summed E-state index contributed by atoms with van der Waals surface area (Å²) in [4.78, 5) is 29.7. The number of hydrogen-bond donors (Lipinski definition) is 2. The Kier molecular flexibility index (Phi) is 8.04. The van der Waals surface area contributed by atoms with Crippen molar-refractivity contribution in [1.29, 1.82) is 0 Å². The summed E-state index contributed by atoms with van der Waals surface area (Å²) in [5.74, 6) is -1.17. The number of fused-ring (bicyclic) bond motifs is 1. The van der Waals surface area contributed by atoms with Gasteiger partial charge in [0.1, 0.15) is 0 Å². The van der Waals surface area contributed by atoms with E-state index < -0.39 is 17.4 Å². The molecule has 6 nitrogen and oxygen atoms in total. The zero-order valence-electron chi connectivity index (χ0n) is 20.0. The summed E-state index contributed by atoms with van der Waals surface area (Å²) in [6, 6.07) is 24.3. The number of aliphatic hydroxyl groups excluding tert-OH is 1. The summed E-state index contributed by atoms with van der Waals surface area (Å²) >= 11 is 3.46. The lowest BCUT2D eigenvalue weighted by atomic mass is 9.83. The predicted molar refractivity (Wildman–Crippen MR) is 143 cm³/mol. The number of aliphatic hydroxyl groups is 2. The zero-order valence-corrected chi connectivity index (χ0v) is 21.6. The molecule has 3 aromatic carbocycles. The van der Waals surface area contributed by atoms with Crippen molar-refractivity contribution in [2.45, 2.75) is 25.5 Å². The molecule has 2 amide bonds. The van der Waals surface area contributed by atoms with Crippen LogP contribution in [0.2, 0.25) is 0 Å². The predicted octanol–water partition coefficient (Wildman–Crippen LogP) is 4.92. The minimum absolute atomic E-state index is 0.0924. The third-order valence-corrected chi connectivity index (χ3v) is 6.96. The Morgan fingerprint density at radius 1 is 1.08 bits per heavy atom. The van der Waals surface area contributed by atoms with Crippen LogP contribution in [0.1, 0.15) is 24.5 Å². The van der Waals surface area contributed by atoms with E-state index in [1.54, 1.807) is 34.9 Å². The summed E-state index contributed by atoms with van der Waals surface area (Å²) in [6.45, 7) is 2.27. The summed E-state index contributed by atoms with van der Waals surface area (Å²) in [5, 5.41) is 21.2. The van der Waals surface area contributed by atoms with Crippen molar-refractivity contribution in [2.24, 2.45) is 5.92 Å². The van der Waals surface area contributed by atoms with Crippen molar-refractivity contribution in [3.63, 3.8) is 0 Å². The van der Waals surface area contributed by atoms with Gasteiger partial charge in [-0.05, 0) is 35.9 Å². The number of para-hydroxylation sites is 1. The lowest BCUT2D eigenvalue weighted by Crippen LogP contribution is -2.42. The highest BCUT2D eigenvalue weighted by molar-refractivity contribution is 9.10. The van der Waals surface area contributed by atoms with Crippen molar-refractivity contribution in [3.8, 4) is 0 Å². The van der Waals surface area contributed by atoms with Crippen LogP contribution in [0.15, 0.2) is 95.5 Å².